The summed E-state index contributed by atoms with van der Waals surface area (Å²) in [5, 5.41) is 0.933. The van der Waals surface area contributed by atoms with Gasteiger partial charge in [-0.15, -0.1) is 22.9 Å². The van der Waals surface area contributed by atoms with E-state index in [0.29, 0.717) is 24.0 Å². The van der Waals surface area contributed by atoms with Crippen LogP contribution in [0.25, 0.3) is 10.2 Å². The summed E-state index contributed by atoms with van der Waals surface area (Å²) in [5.74, 6) is 1.76. The minimum atomic E-state index is 0.381. The molecule has 0 spiro atoms. The zero-order valence-electron chi connectivity index (χ0n) is 11.5. The summed E-state index contributed by atoms with van der Waals surface area (Å²) in [6, 6.07) is 13.8. The Bertz CT molecular complexity index is 702. The van der Waals surface area contributed by atoms with E-state index in [1.54, 1.807) is 18.4 Å². The van der Waals surface area contributed by atoms with Crippen molar-refractivity contribution in [1.82, 2.24) is 4.98 Å². The number of halogens is 1. The highest BCUT2D eigenvalue weighted by molar-refractivity contribution is 7.18. The highest BCUT2D eigenvalue weighted by atomic mass is 35.5. The Morgan fingerprint density at radius 1 is 1.14 bits per heavy atom. The van der Waals surface area contributed by atoms with Crippen LogP contribution in [-0.4, -0.2) is 12.1 Å². The first-order valence-corrected chi connectivity index (χ1v) is 7.86. The smallest absolute Gasteiger partial charge is 0.166 e. The number of methoxy groups -OCH3 is 1. The van der Waals surface area contributed by atoms with E-state index in [1.165, 1.54) is 0 Å². The summed E-state index contributed by atoms with van der Waals surface area (Å²) < 4.78 is 12.4. The Hall–Kier alpha value is -1.78. The van der Waals surface area contributed by atoms with Crippen LogP contribution in [0.3, 0.4) is 0 Å². The zero-order chi connectivity index (χ0) is 14.7. The van der Waals surface area contributed by atoms with Gasteiger partial charge >= 0.3 is 0 Å². The van der Waals surface area contributed by atoms with Crippen LogP contribution in [-0.2, 0) is 12.5 Å². The molecule has 0 aliphatic carbocycles. The second-order valence-electron chi connectivity index (χ2n) is 4.45. The van der Waals surface area contributed by atoms with Gasteiger partial charge in [-0.05, 0) is 18.2 Å². The highest BCUT2D eigenvalue weighted by Crippen LogP contribution is 2.33. The molecule has 0 saturated carbocycles. The van der Waals surface area contributed by atoms with Gasteiger partial charge in [0.2, 0.25) is 0 Å². The molecule has 1 aromatic heterocycles. The van der Waals surface area contributed by atoms with Gasteiger partial charge in [-0.1, -0.05) is 24.3 Å². The number of rotatable bonds is 5. The van der Waals surface area contributed by atoms with Crippen molar-refractivity contribution in [3.05, 3.63) is 53.0 Å². The van der Waals surface area contributed by atoms with Crippen molar-refractivity contribution in [3.8, 4) is 11.5 Å². The van der Waals surface area contributed by atoms with Crippen LogP contribution < -0.4 is 9.47 Å². The van der Waals surface area contributed by atoms with Crippen LogP contribution >= 0.6 is 22.9 Å². The molecule has 3 aromatic rings. The lowest BCUT2D eigenvalue weighted by Crippen LogP contribution is -2.00. The van der Waals surface area contributed by atoms with Gasteiger partial charge < -0.3 is 9.47 Å². The van der Waals surface area contributed by atoms with Gasteiger partial charge in [-0.3, -0.25) is 0 Å². The molecule has 1 heterocycles. The fourth-order valence-electron chi connectivity index (χ4n) is 2.11. The van der Waals surface area contributed by atoms with E-state index in [-0.39, 0.29) is 0 Å². The Kier molecular flexibility index (Phi) is 4.27. The number of alkyl halides is 1. The van der Waals surface area contributed by atoms with Crippen LogP contribution in [0.15, 0.2) is 42.5 Å². The van der Waals surface area contributed by atoms with Crippen LogP contribution in [0.5, 0.6) is 11.5 Å². The normalized spacial score (nSPS) is 10.8. The van der Waals surface area contributed by atoms with Crippen molar-refractivity contribution in [3.63, 3.8) is 0 Å². The predicted molar refractivity (Wildman–Crippen MR) is 86.5 cm³/mol. The molecule has 0 atom stereocenters. The molecular weight excluding hydrogens is 306 g/mol. The Morgan fingerprint density at radius 2 is 2.00 bits per heavy atom. The predicted octanol–water partition coefficient (Wildman–Crippen LogP) is 4.62. The molecule has 0 bridgehead atoms. The summed E-state index contributed by atoms with van der Waals surface area (Å²) in [6.45, 7) is 0.406. The molecule has 0 saturated heterocycles. The standard InChI is InChI=1S/C16H14ClNO2S/c1-19-13-7-4-5-11(9-17)16(13)20-10-15-18-12-6-2-3-8-14(12)21-15/h2-8H,9-10H2,1H3. The van der Waals surface area contributed by atoms with E-state index >= 15 is 0 Å². The van der Waals surface area contributed by atoms with Crippen molar-refractivity contribution in [2.75, 3.05) is 7.11 Å². The van der Waals surface area contributed by atoms with Gasteiger partial charge in [0, 0.05) is 5.56 Å². The SMILES string of the molecule is COc1cccc(CCl)c1OCc1nc2ccccc2s1. The average Bonchev–Trinajstić information content (AvgIpc) is 2.95. The van der Waals surface area contributed by atoms with Crippen LogP contribution in [0.2, 0.25) is 0 Å². The van der Waals surface area contributed by atoms with Crippen molar-refractivity contribution in [2.45, 2.75) is 12.5 Å². The van der Waals surface area contributed by atoms with Crippen LogP contribution in [0.4, 0.5) is 0 Å². The quantitative estimate of drug-likeness (QED) is 0.643. The van der Waals surface area contributed by atoms with E-state index in [0.717, 1.165) is 20.8 Å². The summed E-state index contributed by atoms with van der Waals surface area (Å²) >= 11 is 7.59. The van der Waals surface area contributed by atoms with Crippen molar-refractivity contribution < 1.29 is 9.47 Å². The minimum Gasteiger partial charge on any atom is -0.493 e. The minimum absolute atomic E-state index is 0.381. The molecular formula is C16H14ClNO2S. The third-order valence-electron chi connectivity index (χ3n) is 3.10. The first-order valence-electron chi connectivity index (χ1n) is 6.51. The lowest BCUT2D eigenvalue weighted by molar-refractivity contribution is 0.282. The lowest BCUT2D eigenvalue weighted by Gasteiger charge is -2.12. The molecule has 0 fully saturated rings. The Morgan fingerprint density at radius 3 is 2.76 bits per heavy atom. The molecule has 108 valence electrons. The zero-order valence-corrected chi connectivity index (χ0v) is 13.1. The average molecular weight is 320 g/mol. The summed E-state index contributed by atoms with van der Waals surface area (Å²) in [6.07, 6.45) is 0. The molecule has 5 heteroatoms. The molecule has 2 aromatic carbocycles. The molecule has 3 rings (SSSR count). The molecule has 0 unspecified atom stereocenters. The molecule has 0 N–H and O–H groups in total. The van der Waals surface area contributed by atoms with Crippen molar-refractivity contribution in [2.24, 2.45) is 0 Å². The van der Waals surface area contributed by atoms with Crippen molar-refractivity contribution in [1.29, 1.82) is 0 Å². The second-order valence-corrected chi connectivity index (χ2v) is 5.83. The monoisotopic (exact) mass is 319 g/mol. The van der Waals surface area contributed by atoms with E-state index in [1.807, 2.05) is 36.4 Å². The van der Waals surface area contributed by atoms with Gasteiger partial charge in [0.15, 0.2) is 11.5 Å². The summed E-state index contributed by atoms with van der Waals surface area (Å²) in [7, 11) is 1.62. The van der Waals surface area contributed by atoms with Crippen LogP contribution in [0.1, 0.15) is 10.6 Å². The fourth-order valence-corrected chi connectivity index (χ4v) is 3.20. The van der Waals surface area contributed by atoms with Crippen molar-refractivity contribution >= 4 is 33.2 Å². The first kappa shape index (κ1) is 14.2. The van der Waals surface area contributed by atoms with E-state index < -0.39 is 0 Å². The third kappa shape index (κ3) is 2.96. The highest BCUT2D eigenvalue weighted by Gasteiger charge is 2.11. The number of hydrogen-bond donors (Lipinski definition) is 0. The fraction of sp³-hybridized carbons (Fsp3) is 0.188. The number of para-hydroxylation sites is 2. The third-order valence-corrected chi connectivity index (χ3v) is 4.40. The van der Waals surface area contributed by atoms with E-state index in [2.05, 4.69) is 11.1 Å². The summed E-state index contributed by atoms with van der Waals surface area (Å²) in [4.78, 5) is 4.56. The molecule has 3 nitrogen and oxygen atoms in total. The van der Waals surface area contributed by atoms with Gasteiger partial charge in [0.1, 0.15) is 11.6 Å². The Balaban J connectivity index is 1.84. The van der Waals surface area contributed by atoms with Crippen LogP contribution in [0, 0.1) is 0 Å². The maximum absolute atomic E-state index is 5.96. The number of ether oxygens (including phenoxy) is 2. The molecule has 21 heavy (non-hydrogen) atoms. The lowest BCUT2D eigenvalue weighted by atomic mass is 10.2. The number of benzene rings is 2. The van der Waals surface area contributed by atoms with Gasteiger partial charge in [-0.2, -0.15) is 0 Å². The van der Waals surface area contributed by atoms with Gasteiger partial charge in [-0.25, -0.2) is 4.98 Å². The first-order chi connectivity index (χ1) is 10.3. The molecule has 0 aliphatic heterocycles. The molecule has 0 aliphatic rings. The molecule has 0 radical (unpaired) electrons. The number of nitrogens with zero attached hydrogens (tertiary/aromatic N) is 1. The summed E-state index contributed by atoms with van der Waals surface area (Å²) in [5.41, 5.74) is 1.91. The maximum atomic E-state index is 5.96. The Labute approximate surface area is 132 Å². The topological polar surface area (TPSA) is 31.4 Å². The largest absolute Gasteiger partial charge is 0.493 e. The van der Waals surface area contributed by atoms with E-state index in [4.69, 9.17) is 21.1 Å². The van der Waals surface area contributed by atoms with Gasteiger partial charge in [0.25, 0.3) is 0 Å². The number of thiazole rings is 1. The maximum Gasteiger partial charge on any atom is 0.166 e. The molecule has 0 amide bonds. The second kappa shape index (κ2) is 6.33. The number of fused-ring (bicyclic) bond motifs is 1. The number of aromatic nitrogens is 1. The number of hydrogen-bond acceptors (Lipinski definition) is 4. The van der Waals surface area contributed by atoms with E-state index in [9.17, 15) is 0 Å². The van der Waals surface area contributed by atoms with Gasteiger partial charge in [0.05, 0.1) is 23.2 Å².